The number of hydrogen-bond donors (Lipinski definition) is 2. The minimum atomic E-state index is -0.745. The Labute approximate surface area is 165 Å². The van der Waals surface area contributed by atoms with E-state index < -0.39 is 22.4 Å². The van der Waals surface area contributed by atoms with Crippen molar-refractivity contribution >= 4 is 56.6 Å². The second-order valence-electron chi connectivity index (χ2n) is 4.79. The Kier molecular flexibility index (Phi) is 6.78. The van der Waals surface area contributed by atoms with Crippen molar-refractivity contribution < 1.29 is 19.2 Å². The van der Waals surface area contributed by atoms with Crippen molar-refractivity contribution in [1.29, 1.82) is 0 Å². The molecule has 0 fully saturated rings. The predicted octanol–water partition coefficient (Wildman–Crippen LogP) is 3.50. The van der Waals surface area contributed by atoms with Crippen LogP contribution in [0, 0.1) is 10.1 Å². The number of carbonyl (C=O) groups is 2. The molecule has 0 spiro atoms. The summed E-state index contributed by atoms with van der Waals surface area (Å²) >= 11 is 14.7. The summed E-state index contributed by atoms with van der Waals surface area (Å²) in [5.74, 6) is -0.987. The van der Waals surface area contributed by atoms with E-state index in [4.69, 9.17) is 27.9 Å². The molecule has 2 rings (SSSR count). The van der Waals surface area contributed by atoms with Crippen molar-refractivity contribution in [2.75, 3.05) is 6.61 Å². The van der Waals surface area contributed by atoms with Gasteiger partial charge in [0.05, 0.1) is 9.40 Å². The Hall–Kier alpha value is -2.36. The summed E-state index contributed by atoms with van der Waals surface area (Å²) in [6.45, 7) is -0.374. The Morgan fingerprint density at radius 3 is 2.54 bits per heavy atom. The molecule has 0 saturated carbocycles. The highest BCUT2D eigenvalue weighted by Gasteiger charge is 2.16. The first-order valence-electron chi connectivity index (χ1n) is 6.89. The topological polar surface area (TPSA) is 111 Å². The minimum Gasteiger partial charge on any atom is -0.483 e. The van der Waals surface area contributed by atoms with E-state index in [-0.39, 0.29) is 17.2 Å². The number of benzene rings is 2. The lowest BCUT2D eigenvalue weighted by Gasteiger charge is -2.10. The first-order valence-corrected chi connectivity index (χ1v) is 8.44. The summed E-state index contributed by atoms with van der Waals surface area (Å²) in [5, 5.41) is 11.2. The summed E-state index contributed by atoms with van der Waals surface area (Å²) in [7, 11) is 0. The van der Waals surface area contributed by atoms with Gasteiger partial charge < -0.3 is 4.74 Å². The van der Waals surface area contributed by atoms with Gasteiger partial charge in [-0.1, -0.05) is 23.2 Å². The van der Waals surface area contributed by atoms with E-state index in [2.05, 4.69) is 26.8 Å². The number of carbonyl (C=O) groups excluding carboxylic acids is 2. The number of nitro groups is 1. The number of hydrazine groups is 1. The fraction of sp³-hybridized carbons (Fsp3) is 0.0667. The second-order valence-corrected chi connectivity index (χ2v) is 6.49. The SMILES string of the molecule is O=C(COc1ccc(Cl)cc1Br)NNC(=O)c1ccc(Cl)c([N+](=O)[O-])c1. The van der Waals surface area contributed by atoms with Crippen molar-refractivity contribution in [3.05, 3.63) is 66.6 Å². The minimum absolute atomic E-state index is 0.0391. The highest BCUT2D eigenvalue weighted by atomic mass is 79.9. The molecule has 2 aromatic carbocycles. The van der Waals surface area contributed by atoms with Crippen LogP contribution in [0.5, 0.6) is 5.75 Å². The number of amides is 2. The van der Waals surface area contributed by atoms with Gasteiger partial charge in [0.1, 0.15) is 10.8 Å². The molecule has 2 N–H and O–H groups in total. The van der Waals surface area contributed by atoms with Crippen molar-refractivity contribution in [3.63, 3.8) is 0 Å². The number of nitro benzene ring substituents is 1. The van der Waals surface area contributed by atoms with Crippen molar-refractivity contribution in [1.82, 2.24) is 10.9 Å². The third kappa shape index (κ3) is 5.32. The van der Waals surface area contributed by atoms with Crippen molar-refractivity contribution in [2.45, 2.75) is 0 Å². The number of halogens is 3. The van der Waals surface area contributed by atoms with Crippen molar-refractivity contribution in [2.24, 2.45) is 0 Å². The highest BCUT2D eigenvalue weighted by Crippen LogP contribution is 2.28. The number of rotatable bonds is 5. The van der Waals surface area contributed by atoms with E-state index in [1.807, 2.05) is 0 Å². The maximum Gasteiger partial charge on any atom is 0.288 e. The molecule has 0 aliphatic carbocycles. The molecule has 0 radical (unpaired) electrons. The van der Waals surface area contributed by atoms with Gasteiger partial charge in [-0.25, -0.2) is 0 Å². The maximum absolute atomic E-state index is 11.9. The molecular formula is C15H10BrCl2N3O5. The number of ether oxygens (including phenoxy) is 1. The van der Waals surface area contributed by atoms with Crippen molar-refractivity contribution in [3.8, 4) is 5.75 Å². The van der Waals surface area contributed by atoms with E-state index in [1.54, 1.807) is 18.2 Å². The van der Waals surface area contributed by atoms with Crippen LogP contribution in [0.1, 0.15) is 10.4 Å². The lowest BCUT2D eigenvalue weighted by atomic mass is 10.2. The molecule has 0 atom stereocenters. The van der Waals surface area contributed by atoms with Gasteiger partial charge in [-0.2, -0.15) is 0 Å². The molecular weight excluding hydrogens is 453 g/mol. The zero-order chi connectivity index (χ0) is 19.3. The summed E-state index contributed by atoms with van der Waals surface area (Å²) in [5.41, 5.74) is 3.81. The molecule has 0 aliphatic heterocycles. The van der Waals surface area contributed by atoms with Crippen LogP contribution in [0.2, 0.25) is 10.0 Å². The third-order valence-electron chi connectivity index (χ3n) is 2.97. The van der Waals surface area contributed by atoms with Gasteiger partial charge in [0.15, 0.2) is 6.61 Å². The monoisotopic (exact) mass is 461 g/mol. The van der Waals surface area contributed by atoms with Crippen LogP contribution in [0.25, 0.3) is 0 Å². The van der Waals surface area contributed by atoms with Crippen LogP contribution >= 0.6 is 39.1 Å². The standard InChI is InChI=1S/C15H10BrCl2N3O5/c16-10-6-9(17)2-4-13(10)26-7-14(22)19-20-15(23)8-1-3-11(18)12(5-8)21(24)25/h1-6H,7H2,(H,19,22)(H,20,23). The summed E-state index contributed by atoms with van der Waals surface area (Å²) in [6.07, 6.45) is 0. The van der Waals surface area contributed by atoms with E-state index >= 15 is 0 Å². The first kappa shape index (κ1) is 20.0. The fourth-order valence-electron chi connectivity index (χ4n) is 1.76. The lowest BCUT2D eigenvalue weighted by Crippen LogP contribution is -2.43. The molecule has 0 aromatic heterocycles. The molecule has 8 nitrogen and oxygen atoms in total. The zero-order valence-corrected chi connectivity index (χ0v) is 15.9. The van der Waals surface area contributed by atoms with E-state index in [9.17, 15) is 19.7 Å². The quantitative estimate of drug-likeness (QED) is 0.521. The molecule has 0 bridgehead atoms. The van der Waals surface area contributed by atoms with Crippen LogP contribution in [-0.2, 0) is 4.79 Å². The highest BCUT2D eigenvalue weighted by molar-refractivity contribution is 9.10. The molecule has 2 amide bonds. The number of nitrogens with one attached hydrogen (secondary N) is 2. The van der Waals surface area contributed by atoms with Gasteiger partial charge in [-0.15, -0.1) is 0 Å². The van der Waals surface area contributed by atoms with Crippen LogP contribution in [0.3, 0.4) is 0 Å². The molecule has 11 heteroatoms. The molecule has 0 unspecified atom stereocenters. The largest absolute Gasteiger partial charge is 0.483 e. The smallest absolute Gasteiger partial charge is 0.288 e. The fourth-order valence-corrected chi connectivity index (χ4v) is 2.75. The van der Waals surface area contributed by atoms with Crippen LogP contribution in [0.4, 0.5) is 5.69 Å². The molecule has 0 heterocycles. The van der Waals surface area contributed by atoms with Crippen LogP contribution in [0.15, 0.2) is 40.9 Å². The molecule has 136 valence electrons. The van der Waals surface area contributed by atoms with E-state index in [0.29, 0.717) is 15.2 Å². The number of hydrogen-bond acceptors (Lipinski definition) is 5. The first-order chi connectivity index (χ1) is 12.3. The predicted molar refractivity (Wildman–Crippen MR) is 98.4 cm³/mol. The van der Waals surface area contributed by atoms with Crippen LogP contribution in [-0.4, -0.2) is 23.3 Å². The van der Waals surface area contributed by atoms with Gasteiger partial charge in [-0.05, 0) is 46.3 Å². The zero-order valence-electron chi connectivity index (χ0n) is 12.8. The van der Waals surface area contributed by atoms with Gasteiger partial charge in [0.25, 0.3) is 17.5 Å². The Balaban J connectivity index is 1.89. The average molecular weight is 463 g/mol. The van der Waals surface area contributed by atoms with Gasteiger partial charge in [0, 0.05) is 16.7 Å². The van der Waals surface area contributed by atoms with Gasteiger partial charge in [-0.3, -0.25) is 30.6 Å². The van der Waals surface area contributed by atoms with Crippen LogP contribution < -0.4 is 15.6 Å². The average Bonchev–Trinajstić information content (AvgIpc) is 2.59. The Morgan fingerprint density at radius 2 is 1.88 bits per heavy atom. The second kappa shape index (κ2) is 8.84. The molecule has 26 heavy (non-hydrogen) atoms. The van der Waals surface area contributed by atoms with E-state index in [1.165, 1.54) is 12.1 Å². The summed E-state index contributed by atoms with van der Waals surface area (Å²) in [4.78, 5) is 33.8. The summed E-state index contributed by atoms with van der Waals surface area (Å²) < 4.78 is 5.85. The molecule has 2 aromatic rings. The van der Waals surface area contributed by atoms with Gasteiger partial charge >= 0.3 is 0 Å². The normalized spacial score (nSPS) is 10.1. The van der Waals surface area contributed by atoms with Gasteiger partial charge in [0.2, 0.25) is 0 Å². The summed E-state index contributed by atoms with van der Waals surface area (Å²) in [6, 6.07) is 8.28. The third-order valence-corrected chi connectivity index (χ3v) is 4.15. The lowest BCUT2D eigenvalue weighted by molar-refractivity contribution is -0.384. The molecule has 0 aliphatic rings. The van der Waals surface area contributed by atoms with E-state index in [0.717, 1.165) is 6.07 Å². The Bertz CT molecular complexity index is 878. The number of nitrogens with zero attached hydrogens (tertiary/aromatic N) is 1. The molecule has 0 saturated heterocycles. The Morgan fingerprint density at radius 1 is 1.15 bits per heavy atom. The maximum atomic E-state index is 11.9.